The number of carbonyl (C=O) groups excluding carboxylic acids is 3. The van der Waals surface area contributed by atoms with Crippen molar-refractivity contribution in [1.29, 1.82) is 0 Å². The van der Waals surface area contributed by atoms with Gasteiger partial charge in [-0.2, -0.15) is 0 Å². The summed E-state index contributed by atoms with van der Waals surface area (Å²) in [5.41, 5.74) is 0.861. The number of hydrogen-bond donors (Lipinski definition) is 2. The molecule has 0 saturated heterocycles. The summed E-state index contributed by atoms with van der Waals surface area (Å²) in [6, 6.07) is 14.1. The molecular formula is C21H24N2O6. The van der Waals surface area contributed by atoms with Gasteiger partial charge in [0.2, 0.25) is 5.91 Å². The van der Waals surface area contributed by atoms with Crippen molar-refractivity contribution >= 4 is 29.2 Å². The molecule has 2 rings (SSSR count). The number of methoxy groups -OCH3 is 1. The molecule has 0 atom stereocenters. The number of hydrogen-bond acceptors (Lipinski definition) is 6. The van der Waals surface area contributed by atoms with E-state index in [4.69, 9.17) is 14.2 Å². The van der Waals surface area contributed by atoms with Crippen LogP contribution >= 0.6 is 0 Å². The van der Waals surface area contributed by atoms with Gasteiger partial charge in [0.1, 0.15) is 11.5 Å². The molecule has 0 aromatic heterocycles. The Kier molecular flexibility index (Phi) is 8.50. The van der Waals surface area contributed by atoms with Gasteiger partial charge in [-0.05, 0) is 36.8 Å². The van der Waals surface area contributed by atoms with Gasteiger partial charge < -0.3 is 24.8 Å². The van der Waals surface area contributed by atoms with Gasteiger partial charge in [-0.1, -0.05) is 18.2 Å². The van der Waals surface area contributed by atoms with Crippen LogP contribution in [-0.4, -0.2) is 38.1 Å². The van der Waals surface area contributed by atoms with Gasteiger partial charge >= 0.3 is 5.97 Å². The molecule has 2 amide bonds. The lowest BCUT2D eigenvalue weighted by molar-refractivity contribution is -0.147. The summed E-state index contributed by atoms with van der Waals surface area (Å²) >= 11 is 0. The van der Waals surface area contributed by atoms with Crippen LogP contribution in [0.3, 0.4) is 0 Å². The minimum Gasteiger partial charge on any atom is -0.495 e. The van der Waals surface area contributed by atoms with Gasteiger partial charge in [0.15, 0.2) is 6.61 Å². The molecule has 0 spiro atoms. The molecule has 2 N–H and O–H groups in total. The molecule has 0 aliphatic heterocycles. The van der Waals surface area contributed by atoms with E-state index in [0.717, 1.165) is 5.75 Å². The van der Waals surface area contributed by atoms with Gasteiger partial charge in [-0.25, -0.2) is 0 Å². The van der Waals surface area contributed by atoms with E-state index in [2.05, 4.69) is 10.6 Å². The average Bonchev–Trinajstić information content (AvgIpc) is 2.70. The zero-order valence-corrected chi connectivity index (χ0v) is 16.4. The van der Waals surface area contributed by atoms with E-state index in [1.165, 1.54) is 14.0 Å². The number of nitrogens with one attached hydrogen (secondary N) is 2. The summed E-state index contributed by atoms with van der Waals surface area (Å²) < 4.78 is 15.7. The molecule has 0 fully saturated rings. The van der Waals surface area contributed by atoms with Crippen molar-refractivity contribution in [2.45, 2.75) is 19.8 Å². The van der Waals surface area contributed by atoms with E-state index in [-0.39, 0.29) is 12.3 Å². The standard InChI is InChI=1S/C21H24N2O6/c1-15(24)22-16-10-11-19(27-2)18(13-16)23-20(25)14-29-21(26)9-6-12-28-17-7-4-3-5-8-17/h3-5,7-8,10-11,13H,6,9,12,14H2,1-2H3,(H,22,24)(H,23,25). The Balaban J connectivity index is 1.74. The second-order valence-electron chi connectivity index (χ2n) is 6.07. The molecule has 0 radical (unpaired) electrons. The van der Waals surface area contributed by atoms with Crippen LogP contribution < -0.4 is 20.1 Å². The maximum atomic E-state index is 12.1. The van der Waals surface area contributed by atoms with E-state index >= 15 is 0 Å². The van der Waals surface area contributed by atoms with E-state index in [1.807, 2.05) is 30.3 Å². The maximum absolute atomic E-state index is 12.1. The van der Waals surface area contributed by atoms with Crippen LogP contribution in [0.5, 0.6) is 11.5 Å². The van der Waals surface area contributed by atoms with E-state index < -0.39 is 18.5 Å². The summed E-state index contributed by atoms with van der Waals surface area (Å²) in [4.78, 5) is 35.0. The highest BCUT2D eigenvalue weighted by Crippen LogP contribution is 2.27. The molecule has 0 aliphatic carbocycles. The molecule has 0 unspecified atom stereocenters. The SMILES string of the molecule is COc1ccc(NC(C)=O)cc1NC(=O)COC(=O)CCCOc1ccccc1. The molecule has 8 heteroatoms. The Bertz CT molecular complexity index is 838. The lowest BCUT2D eigenvalue weighted by Crippen LogP contribution is -2.21. The molecular weight excluding hydrogens is 376 g/mol. The molecule has 0 bridgehead atoms. The quantitative estimate of drug-likeness (QED) is 0.469. The first-order valence-electron chi connectivity index (χ1n) is 9.07. The van der Waals surface area contributed by atoms with Crippen molar-refractivity contribution in [1.82, 2.24) is 0 Å². The van der Waals surface area contributed by atoms with Crippen molar-refractivity contribution in [3.05, 3.63) is 48.5 Å². The smallest absolute Gasteiger partial charge is 0.306 e. The first kappa shape index (κ1) is 21.7. The third-order valence-electron chi connectivity index (χ3n) is 3.70. The summed E-state index contributed by atoms with van der Waals surface area (Å²) in [7, 11) is 1.46. The van der Waals surface area contributed by atoms with Crippen LogP contribution in [0.1, 0.15) is 19.8 Å². The Morgan fingerprint density at radius 2 is 1.76 bits per heavy atom. The third-order valence-corrected chi connectivity index (χ3v) is 3.70. The molecule has 29 heavy (non-hydrogen) atoms. The molecule has 0 aliphatic rings. The van der Waals surface area contributed by atoms with Crippen LogP contribution in [0, 0.1) is 0 Å². The topological polar surface area (TPSA) is 103 Å². The number of esters is 1. The van der Waals surface area contributed by atoms with Crippen molar-refractivity contribution in [2.24, 2.45) is 0 Å². The number of carbonyl (C=O) groups is 3. The van der Waals surface area contributed by atoms with E-state index in [0.29, 0.717) is 30.2 Å². The number of ether oxygens (including phenoxy) is 3. The Morgan fingerprint density at radius 1 is 1.00 bits per heavy atom. The molecule has 2 aromatic carbocycles. The van der Waals surface area contributed by atoms with E-state index in [9.17, 15) is 14.4 Å². The fraction of sp³-hybridized carbons (Fsp3) is 0.286. The predicted octanol–water partition coefficient (Wildman–Crippen LogP) is 2.99. The third kappa shape index (κ3) is 7.92. The zero-order chi connectivity index (χ0) is 21.1. The second kappa shape index (κ2) is 11.3. The van der Waals surface area contributed by atoms with Gasteiger partial charge in [-0.3, -0.25) is 14.4 Å². The normalized spacial score (nSPS) is 10.0. The van der Waals surface area contributed by atoms with Crippen molar-refractivity contribution < 1.29 is 28.6 Å². The lowest BCUT2D eigenvalue weighted by Gasteiger charge is -2.12. The Hall–Kier alpha value is -3.55. The van der Waals surface area contributed by atoms with Gasteiger partial charge in [0.05, 0.1) is 19.4 Å². The summed E-state index contributed by atoms with van der Waals surface area (Å²) in [6.45, 7) is 1.33. The second-order valence-corrected chi connectivity index (χ2v) is 6.07. The minimum absolute atomic E-state index is 0.140. The molecule has 0 heterocycles. The van der Waals surface area contributed by atoms with Crippen LogP contribution in [0.25, 0.3) is 0 Å². The van der Waals surface area contributed by atoms with Crippen molar-refractivity contribution in [3.63, 3.8) is 0 Å². The van der Waals surface area contributed by atoms with Crippen LogP contribution in [0.4, 0.5) is 11.4 Å². The van der Waals surface area contributed by atoms with Crippen molar-refractivity contribution in [2.75, 3.05) is 31.0 Å². The van der Waals surface area contributed by atoms with Crippen LogP contribution in [0.15, 0.2) is 48.5 Å². The Morgan fingerprint density at radius 3 is 2.45 bits per heavy atom. The maximum Gasteiger partial charge on any atom is 0.306 e. The summed E-state index contributed by atoms with van der Waals surface area (Å²) in [6.07, 6.45) is 0.614. The minimum atomic E-state index is -0.517. The zero-order valence-electron chi connectivity index (χ0n) is 16.4. The van der Waals surface area contributed by atoms with Gasteiger partial charge in [0.25, 0.3) is 5.91 Å². The lowest BCUT2D eigenvalue weighted by atomic mass is 10.2. The largest absolute Gasteiger partial charge is 0.495 e. The van der Waals surface area contributed by atoms with Crippen LogP contribution in [-0.2, 0) is 19.1 Å². The molecule has 154 valence electrons. The monoisotopic (exact) mass is 400 g/mol. The molecule has 2 aromatic rings. The fourth-order valence-corrected chi connectivity index (χ4v) is 2.41. The molecule has 0 saturated carbocycles. The number of para-hydroxylation sites is 1. The van der Waals surface area contributed by atoms with Crippen molar-refractivity contribution in [3.8, 4) is 11.5 Å². The highest BCUT2D eigenvalue weighted by molar-refractivity contribution is 5.96. The number of amides is 2. The number of benzene rings is 2. The first-order valence-corrected chi connectivity index (χ1v) is 9.07. The van der Waals surface area contributed by atoms with Crippen LogP contribution in [0.2, 0.25) is 0 Å². The van der Waals surface area contributed by atoms with E-state index in [1.54, 1.807) is 18.2 Å². The first-order chi connectivity index (χ1) is 14.0. The van der Waals surface area contributed by atoms with Gasteiger partial charge in [0, 0.05) is 19.0 Å². The summed E-state index contributed by atoms with van der Waals surface area (Å²) in [5, 5.41) is 5.22. The number of anilines is 2. The Labute approximate surface area is 169 Å². The highest BCUT2D eigenvalue weighted by atomic mass is 16.5. The molecule has 8 nitrogen and oxygen atoms in total. The summed E-state index contributed by atoms with van der Waals surface area (Å²) in [5.74, 6) is -0.0990. The predicted molar refractivity (Wildman–Crippen MR) is 108 cm³/mol. The average molecular weight is 400 g/mol. The highest BCUT2D eigenvalue weighted by Gasteiger charge is 2.12. The fourth-order valence-electron chi connectivity index (χ4n) is 2.41. The number of rotatable bonds is 10. The van der Waals surface area contributed by atoms with Gasteiger partial charge in [-0.15, -0.1) is 0 Å².